The smallest absolute Gasteiger partial charge is 0.131 e. The van der Waals surface area contributed by atoms with E-state index in [1.54, 1.807) is 19.3 Å². The van der Waals surface area contributed by atoms with Crippen LogP contribution in [0.3, 0.4) is 0 Å². The summed E-state index contributed by atoms with van der Waals surface area (Å²) >= 11 is 0. The van der Waals surface area contributed by atoms with Crippen molar-refractivity contribution >= 4 is 5.71 Å². The van der Waals surface area contributed by atoms with Gasteiger partial charge in [-0.05, 0) is 18.6 Å². The highest BCUT2D eigenvalue weighted by Gasteiger charge is 2.10. The van der Waals surface area contributed by atoms with Crippen molar-refractivity contribution in [3.05, 3.63) is 36.4 Å². The predicted molar refractivity (Wildman–Crippen MR) is 67.3 cm³/mol. The summed E-state index contributed by atoms with van der Waals surface area (Å²) in [7, 11) is 1.57. The van der Waals surface area contributed by atoms with Gasteiger partial charge in [0.25, 0.3) is 0 Å². The fraction of sp³-hybridized carbons (Fsp3) is 0.308. The minimum absolute atomic E-state index is 0.442. The Morgan fingerprint density at radius 1 is 1.53 bits per heavy atom. The first-order valence-electron chi connectivity index (χ1n) is 5.39. The largest absolute Gasteiger partial charge is 0.496 e. The third-order valence-corrected chi connectivity index (χ3v) is 2.31. The number of oxime groups is 1. The minimum atomic E-state index is 0.442. The Morgan fingerprint density at radius 3 is 2.82 bits per heavy atom. The van der Waals surface area contributed by atoms with Crippen LogP contribution in [0.15, 0.2) is 36.0 Å². The van der Waals surface area contributed by atoms with Crippen molar-refractivity contribution in [1.82, 2.24) is 0 Å². The summed E-state index contributed by atoms with van der Waals surface area (Å²) in [5.74, 6) is 1.32. The third-order valence-electron chi connectivity index (χ3n) is 2.31. The molecule has 0 radical (unpaired) electrons. The van der Waals surface area contributed by atoms with Gasteiger partial charge in [-0.1, -0.05) is 24.7 Å². The maximum atomic E-state index is 8.90. The van der Waals surface area contributed by atoms with Crippen LogP contribution in [0.25, 0.3) is 0 Å². The van der Waals surface area contributed by atoms with E-state index in [0.717, 1.165) is 5.56 Å². The van der Waals surface area contributed by atoms with Crippen molar-refractivity contribution in [3.63, 3.8) is 0 Å². The van der Waals surface area contributed by atoms with E-state index in [4.69, 9.17) is 14.7 Å². The lowest BCUT2D eigenvalue weighted by atomic mass is 10.1. The summed E-state index contributed by atoms with van der Waals surface area (Å²) in [5.41, 5.74) is 1.35. The SMILES string of the molecule is C=CCOc1ccc(/C(CC)=N\O)c(OC)c1. The molecular formula is C13H17NO3. The van der Waals surface area contributed by atoms with Crippen LogP contribution in [-0.2, 0) is 0 Å². The molecule has 1 rings (SSSR count). The molecule has 0 aliphatic heterocycles. The monoisotopic (exact) mass is 235 g/mol. The second-order valence-corrected chi connectivity index (χ2v) is 3.36. The van der Waals surface area contributed by atoms with Crippen LogP contribution in [0.4, 0.5) is 0 Å². The lowest BCUT2D eigenvalue weighted by Crippen LogP contribution is -2.03. The average molecular weight is 235 g/mol. The lowest BCUT2D eigenvalue weighted by Gasteiger charge is -2.11. The highest BCUT2D eigenvalue weighted by molar-refractivity contribution is 6.02. The van der Waals surface area contributed by atoms with Gasteiger partial charge in [0.2, 0.25) is 0 Å². The molecule has 4 heteroatoms. The number of hydrogen-bond acceptors (Lipinski definition) is 4. The van der Waals surface area contributed by atoms with Gasteiger partial charge in [-0.2, -0.15) is 0 Å². The minimum Gasteiger partial charge on any atom is -0.496 e. The Kier molecular flexibility index (Phi) is 5.07. The van der Waals surface area contributed by atoms with Crippen molar-refractivity contribution in [2.24, 2.45) is 5.16 Å². The van der Waals surface area contributed by atoms with Crippen LogP contribution < -0.4 is 9.47 Å². The standard InChI is InChI=1S/C13H17NO3/c1-4-8-17-10-6-7-11(12(5-2)14-15)13(9-10)16-3/h4,6-7,9,15H,1,5,8H2,2-3H3/b14-12-. The van der Waals surface area contributed by atoms with Gasteiger partial charge in [-0.3, -0.25) is 0 Å². The number of benzene rings is 1. The van der Waals surface area contributed by atoms with Gasteiger partial charge in [0.1, 0.15) is 18.1 Å². The third kappa shape index (κ3) is 3.24. The van der Waals surface area contributed by atoms with E-state index in [2.05, 4.69) is 11.7 Å². The Bertz CT molecular complexity index is 413. The summed E-state index contributed by atoms with van der Waals surface area (Å²) in [6, 6.07) is 5.39. The van der Waals surface area contributed by atoms with Gasteiger partial charge in [-0.15, -0.1) is 0 Å². The van der Waals surface area contributed by atoms with Crippen molar-refractivity contribution in [1.29, 1.82) is 0 Å². The Labute approximate surface area is 101 Å². The van der Waals surface area contributed by atoms with Crippen LogP contribution in [-0.4, -0.2) is 24.6 Å². The molecule has 0 bridgehead atoms. The van der Waals surface area contributed by atoms with Gasteiger partial charge >= 0.3 is 0 Å². The van der Waals surface area contributed by atoms with Gasteiger partial charge in [-0.25, -0.2) is 0 Å². The van der Waals surface area contributed by atoms with E-state index in [-0.39, 0.29) is 0 Å². The molecule has 0 heterocycles. The molecule has 0 fully saturated rings. The van der Waals surface area contributed by atoms with Gasteiger partial charge < -0.3 is 14.7 Å². The van der Waals surface area contributed by atoms with Crippen LogP contribution >= 0.6 is 0 Å². The molecule has 0 saturated carbocycles. The van der Waals surface area contributed by atoms with Crippen molar-refractivity contribution in [2.45, 2.75) is 13.3 Å². The molecule has 1 aromatic carbocycles. The zero-order valence-corrected chi connectivity index (χ0v) is 10.1. The van der Waals surface area contributed by atoms with Gasteiger partial charge in [0, 0.05) is 11.6 Å². The molecule has 0 aliphatic rings. The Morgan fingerprint density at radius 2 is 2.29 bits per heavy atom. The average Bonchev–Trinajstić information content (AvgIpc) is 2.38. The first kappa shape index (κ1) is 13.1. The molecule has 1 N–H and O–H groups in total. The first-order chi connectivity index (χ1) is 8.26. The molecule has 17 heavy (non-hydrogen) atoms. The van der Waals surface area contributed by atoms with E-state index < -0.39 is 0 Å². The molecule has 4 nitrogen and oxygen atoms in total. The molecule has 0 aromatic heterocycles. The lowest BCUT2D eigenvalue weighted by molar-refractivity contribution is 0.317. The van der Waals surface area contributed by atoms with E-state index in [1.165, 1.54) is 0 Å². The fourth-order valence-electron chi connectivity index (χ4n) is 1.47. The van der Waals surface area contributed by atoms with Crippen molar-refractivity contribution < 1.29 is 14.7 Å². The molecule has 0 amide bonds. The summed E-state index contributed by atoms with van der Waals surface area (Å²) in [6.45, 7) is 5.94. The van der Waals surface area contributed by atoms with Crippen LogP contribution in [0.1, 0.15) is 18.9 Å². The van der Waals surface area contributed by atoms with E-state index in [0.29, 0.717) is 30.2 Å². The molecule has 92 valence electrons. The van der Waals surface area contributed by atoms with E-state index in [9.17, 15) is 0 Å². The normalized spacial score (nSPS) is 11.1. The highest BCUT2D eigenvalue weighted by atomic mass is 16.5. The summed E-state index contributed by atoms with van der Waals surface area (Å²) in [5, 5.41) is 12.2. The quantitative estimate of drug-likeness (QED) is 0.357. The molecule has 0 unspecified atom stereocenters. The number of ether oxygens (including phenoxy) is 2. The summed E-state index contributed by atoms with van der Waals surface area (Å²) < 4.78 is 10.7. The second kappa shape index (κ2) is 6.58. The number of rotatable bonds is 6. The van der Waals surface area contributed by atoms with Crippen molar-refractivity contribution in [3.8, 4) is 11.5 Å². The molecule has 0 aliphatic carbocycles. The maximum absolute atomic E-state index is 8.90. The number of methoxy groups -OCH3 is 1. The van der Waals surface area contributed by atoms with Crippen LogP contribution in [0.5, 0.6) is 11.5 Å². The van der Waals surface area contributed by atoms with Crippen LogP contribution in [0, 0.1) is 0 Å². The Balaban J connectivity index is 3.04. The zero-order valence-electron chi connectivity index (χ0n) is 10.1. The first-order valence-corrected chi connectivity index (χ1v) is 5.39. The topological polar surface area (TPSA) is 51.0 Å². The van der Waals surface area contributed by atoms with E-state index in [1.807, 2.05) is 19.1 Å². The molecule has 1 aromatic rings. The summed E-state index contributed by atoms with van der Waals surface area (Å²) in [4.78, 5) is 0. The predicted octanol–water partition coefficient (Wildman–Crippen LogP) is 2.85. The Hall–Kier alpha value is -1.97. The van der Waals surface area contributed by atoms with E-state index >= 15 is 0 Å². The molecule has 0 saturated heterocycles. The van der Waals surface area contributed by atoms with Gasteiger partial charge in [0.15, 0.2) is 0 Å². The molecule has 0 atom stereocenters. The fourth-order valence-corrected chi connectivity index (χ4v) is 1.47. The van der Waals surface area contributed by atoms with Crippen molar-refractivity contribution in [2.75, 3.05) is 13.7 Å². The second-order valence-electron chi connectivity index (χ2n) is 3.36. The number of hydrogen-bond donors (Lipinski definition) is 1. The molecular weight excluding hydrogens is 218 g/mol. The maximum Gasteiger partial charge on any atom is 0.131 e. The van der Waals surface area contributed by atoms with Crippen LogP contribution in [0.2, 0.25) is 0 Å². The molecule has 0 spiro atoms. The number of nitrogens with zero attached hydrogens (tertiary/aromatic N) is 1. The van der Waals surface area contributed by atoms with Gasteiger partial charge in [0.05, 0.1) is 12.8 Å². The highest BCUT2D eigenvalue weighted by Crippen LogP contribution is 2.26. The zero-order chi connectivity index (χ0) is 12.7. The summed E-state index contributed by atoms with van der Waals surface area (Å²) in [6.07, 6.45) is 2.30.